The first-order valence-corrected chi connectivity index (χ1v) is 12.9. The summed E-state index contributed by atoms with van der Waals surface area (Å²) in [6, 6.07) is 30.6. The van der Waals surface area contributed by atoms with Gasteiger partial charge in [-0.05, 0) is 54.3 Å². The Kier molecular flexibility index (Phi) is 8.89. The first kappa shape index (κ1) is 26.8. The minimum Gasteiger partial charge on any atom is -0.476 e. The number of carboxylic acids is 1. The highest BCUT2D eigenvalue weighted by molar-refractivity contribution is 8.00. The Morgan fingerprint density at radius 1 is 0.919 bits per heavy atom. The van der Waals surface area contributed by atoms with Crippen LogP contribution in [0.3, 0.4) is 0 Å². The molecule has 0 unspecified atom stereocenters. The van der Waals surface area contributed by atoms with Gasteiger partial charge in [0.25, 0.3) is 0 Å². The zero-order valence-corrected chi connectivity index (χ0v) is 21.8. The molecule has 0 radical (unpaired) electrons. The summed E-state index contributed by atoms with van der Waals surface area (Å²) in [6.45, 7) is 0. The zero-order valence-electron chi connectivity index (χ0n) is 20.1. The molecule has 3 aromatic carbocycles. The largest absolute Gasteiger partial charge is 0.476 e. The highest BCUT2D eigenvalue weighted by atomic mass is 35.5. The van der Waals surface area contributed by atoms with Crippen LogP contribution in [0.1, 0.15) is 42.4 Å². The number of hydrogen-bond donors (Lipinski definition) is 3. The van der Waals surface area contributed by atoms with E-state index in [4.69, 9.17) is 4.84 Å². The highest BCUT2D eigenvalue weighted by Gasteiger charge is 2.39. The molecule has 192 valence electrons. The Labute approximate surface area is 227 Å². The van der Waals surface area contributed by atoms with Crippen LogP contribution in [0.5, 0.6) is 0 Å². The van der Waals surface area contributed by atoms with E-state index in [2.05, 4.69) is 52.4 Å². The molecule has 5 rings (SSSR count). The van der Waals surface area contributed by atoms with Gasteiger partial charge >= 0.3 is 5.97 Å². The fourth-order valence-corrected chi connectivity index (χ4v) is 5.38. The number of nitrogens with zero attached hydrogens (tertiary/aromatic N) is 2. The van der Waals surface area contributed by atoms with Crippen molar-refractivity contribution in [1.29, 1.82) is 0 Å². The lowest BCUT2D eigenvalue weighted by Gasteiger charge is -2.39. The molecular formula is C28H29ClN4O3S. The molecule has 3 aromatic rings. The van der Waals surface area contributed by atoms with E-state index in [1.807, 2.05) is 54.6 Å². The molecule has 0 saturated heterocycles. The van der Waals surface area contributed by atoms with Gasteiger partial charge < -0.3 is 9.94 Å². The number of nitrogens with one attached hydrogen (secondary N) is 2. The molecule has 1 heterocycles. The molecular weight excluding hydrogens is 508 g/mol. The lowest BCUT2D eigenvalue weighted by atomic mass is 9.77. The average molecular weight is 537 g/mol. The Morgan fingerprint density at radius 3 is 1.86 bits per heavy atom. The zero-order chi connectivity index (χ0) is 24.8. The van der Waals surface area contributed by atoms with Crippen molar-refractivity contribution in [3.8, 4) is 0 Å². The maximum atomic E-state index is 12.0. The smallest absolute Gasteiger partial charge is 0.360 e. The van der Waals surface area contributed by atoms with Crippen LogP contribution in [0.4, 0.5) is 0 Å². The van der Waals surface area contributed by atoms with E-state index < -0.39 is 11.5 Å². The third-order valence-corrected chi connectivity index (χ3v) is 7.18. The third-order valence-electron chi connectivity index (χ3n) is 6.44. The SMILES string of the molecule is Cl.O=C(O)/C(=N\OC1CCCC1)C1=CSN(NC(c2ccccc2)(c2ccccc2)c2ccccc2)N1. The van der Waals surface area contributed by atoms with E-state index in [1.165, 1.54) is 11.9 Å². The molecule has 2 aliphatic rings. The lowest BCUT2D eigenvalue weighted by Crippen LogP contribution is -2.54. The van der Waals surface area contributed by atoms with Gasteiger partial charge in [-0.3, -0.25) is 5.43 Å². The summed E-state index contributed by atoms with van der Waals surface area (Å²) in [4.78, 5) is 17.6. The molecule has 1 aliphatic carbocycles. The molecule has 1 saturated carbocycles. The van der Waals surface area contributed by atoms with Crippen molar-refractivity contribution in [2.24, 2.45) is 5.16 Å². The Hall–Kier alpha value is -3.30. The maximum absolute atomic E-state index is 12.0. The molecule has 1 aliphatic heterocycles. The molecule has 9 heteroatoms. The first-order valence-electron chi connectivity index (χ1n) is 12.0. The van der Waals surface area contributed by atoms with Crippen molar-refractivity contribution < 1.29 is 14.7 Å². The number of oxime groups is 1. The third kappa shape index (κ3) is 5.83. The summed E-state index contributed by atoms with van der Waals surface area (Å²) in [7, 11) is 0. The van der Waals surface area contributed by atoms with Gasteiger partial charge in [0.15, 0.2) is 0 Å². The van der Waals surface area contributed by atoms with Gasteiger partial charge in [-0.2, -0.15) is 0 Å². The maximum Gasteiger partial charge on any atom is 0.360 e. The van der Waals surface area contributed by atoms with Crippen molar-refractivity contribution >= 4 is 36.0 Å². The Bertz CT molecular complexity index is 1140. The Morgan fingerprint density at radius 2 is 1.41 bits per heavy atom. The molecule has 0 amide bonds. The van der Waals surface area contributed by atoms with Gasteiger partial charge in [0.05, 0.1) is 5.70 Å². The number of rotatable bonds is 9. The van der Waals surface area contributed by atoms with Crippen molar-refractivity contribution in [3.63, 3.8) is 0 Å². The van der Waals surface area contributed by atoms with Crippen LogP contribution in [0.25, 0.3) is 0 Å². The minimum atomic E-state index is -1.14. The van der Waals surface area contributed by atoms with Gasteiger partial charge in [0, 0.05) is 5.41 Å². The van der Waals surface area contributed by atoms with Gasteiger partial charge in [0.1, 0.15) is 11.6 Å². The van der Waals surface area contributed by atoms with Crippen LogP contribution >= 0.6 is 24.4 Å². The van der Waals surface area contributed by atoms with Crippen molar-refractivity contribution in [3.05, 3.63) is 119 Å². The number of hydrogen-bond acceptors (Lipinski definition) is 7. The average Bonchev–Trinajstić information content (AvgIpc) is 3.61. The van der Waals surface area contributed by atoms with Crippen LogP contribution in [0.15, 0.2) is 107 Å². The molecule has 0 atom stereocenters. The fourth-order valence-electron chi connectivity index (χ4n) is 4.67. The summed E-state index contributed by atoms with van der Waals surface area (Å²) in [5.74, 6) is -1.14. The van der Waals surface area contributed by atoms with E-state index in [0.717, 1.165) is 42.4 Å². The summed E-state index contributed by atoms with van der Waals surface area (Å²) in [5, 5.41) is 15.6. The first-order chi connectivity index (χ1) is 17.7. The number of halogens is 1. The van der Waals surface area contributed by atoms with Crippen LogP contribution in [-0.4, -0.2) is 27.4 Å². The van der Waals surface area contributed by atoms with Gasteiger partial charge in [-0.15, -0.1) is 12.4 Å². The van der Waals surface area contributed by atoms with E-state index >= 15 is 0 Å². The van der Waals surface area contributed by atoms with Gasteiger partial charge in [0.2, 0.25) is 5.71 Å². The molecule has 37 heavy (non-hydrogen) atoms. The lowest BCUT2D eigenvalue weighted by molar-refractivity contribution is -0.129. The second kappa shape index (κ2) is 12.3. The normalized spacial score (nSPS) is 16.5. The van der Waals surface area contributed by atoms with Crippen LogP contribution < -0.4 is 10.9 Å². The van der Waals surface area contributed by atoms with E-state index in [9.17, 15) is 9.90 Å². The Balaban J connectivity index is 0.00000320. The molecule has 0 spiro atoms. The number of aliphatic carboxylic acids is 1. The van der Waals surface area contributed by atoms with Gasteiger partial charge in [-0.25, -0.2) is 10.2 Å². The van der Waals surface area contributed by atoms with Crippen LogP contribution in [0.2, 0.25) is 0 Å². The van der Waals surface area contributed by atoms with Crippen molar-refractivity contribution in [1.82, 2.24) is 15.4 Å². The predicted octanol–water partition coefficient (Wildman–Crippen LogP) is 5.61. The van der Waals surface area contributed by atoms with Gasteiger partial charge in [-0.1, -0.05) is 101 Å². The number of carbonyl (C=O) groups is 1. The number of hydrazine groups is 2. The highest BCUT2D eigenvalue weighted by Crippen LogP contribution is 2.38. The van der Waals surface area contributed by atoms with Crippen molar-refractivity contribution in [2.45, 2.75) is 37.3 Å². The molecule has 0 aromatic heterocycles. The quantitative estimate of drug-likeness (QED) is 0.142. The second-order valence-corrected chi connectivity index (χ2v) is 9.57. The van der Waals surface area contributed by atoms with E-state index in [1.54, 1.807) is 9.93 Å². The summed E-state index contributed by atoms with van der Waals surface area (Å²) < 4.78 is 1.72. The van der Waals surface area contributed by atoms with E-state index in [0.29, 0.717) is 5.70 Å². The molecule has 7 nitrogen and oxygen atoms in total. The summed E-state index contributed by atoms with van der Waals surface area (Å²) in [5.41, 5.74) is 9.38. The van der Waals surface area contributed by atoms with Crippen LogP contribution in [0, 0.1) is 0 Å². The topological polar surface area (TPSA) is 86.2 Å². The summed E-state index contributed by atoms with van der Waals surface area (Å²) >= 11 is 1.31. The molecule has 0 bridgehead atoms. The predicted molar refractivity (Wildman–Crippen MR) is 149 cm³/mol. The van der Waals surface area contributed by atoms with E-state index in [-0.39, 0.29) is 24.2 Å². The minimum absolute atomic E-state index is 0. The number of carboxylic acid groups (broad SMARTS) is 1. The molecule has 3 N–H and O–H groups in total. The van der Waals surface area contributed by atoms with Crippen LogP contribution in [-0.2, 0) is 15.2 Å². The fraction of sp³-hybridized carbons (Fsp3) is 0.214. The number of benzene rings is 3. The monoisotopic (exact) mass is 536 g/mol. The second-order valence-electron chi connectivity index (χ2n) is 8.76. The summed E-state index contributed by atoms with van der Waals surface area (Å²) in [6.07, 6.45) is 3.94. The molecule has 1 fully saturated rings. The standard InChI is InChI=1S/C28H28N4O3S.ClH/c33-27(34)26(30-35-24-18-10-11-19-24)25-20-36-32(29-25)31-28(21-12-4-1-5-13-21,22-14-6-2-7-15-22)23-16-8-3-9-17-23;/h1-9,12-17,20,24,29,31H,10-11,18-19H2,(H,33,34);1H/b30-26-;. The van der Waals surface area contributed by atoms with Crippen molar-refractivity contribution in [2.75, 3.05) is 0 Å².